The molecule has 198 valence electrons. The lowest BCUT2D eigenvalue weighted by Gasteiger charge is -2.32. The number of anilines is 1. The molecule has 0 saturated carbocycles. The number of piperazine rings is 1. The first-order chi connectivity index (χ1) is 19.0. The van der Waals surface area contributed by atoms with Crippen molar-refractivity contribution in [2.75, 3.05) is 45.7 Å². The first kappa shape index (κ1) is 24.6. The van der Waals surface area contributed by atoms with Crippen LogP contribution in [0.5, 0.6) is 5.75 Å². The second kappa shape index (κ2) is 10.2. The average molecular weight is 524 g/mol. The number of aromatic nitrogens is 4. The number of nitrogens with zero attached hydrogens (tertiary/aromatic N) is 6. The first-order valence-corrected chi connectivity index (χ1v) is 12.9. The Kier molecular flexibility index (Phi) is 6.45. The minimum atomic E-state index is -0.163. The van der Waals surface area contributed by atoms with Gasteiger partial charge in [-0.25, -0.2) is 4.79 Å². The molecule has 3 heterocycles. The van der Waals surface area contributed by atoms with Crippen molar-refractivity contribution < 1.29 is 9.53 Å². The summed E-state index contributed by atoms with van der Waals surface area (Å²) in [6.45, 7) is 3.34. The number of amides is 2. The molecule has 1 fully saturated rings. The molecule has 0 aliphatic carbocycles. The van der Waals surface area contributed by atoms with Crippen LogP contribution < -0.4 is 15.6 Å². The predicted molar refractivity (Wildman–Crippen MR) is 150 cm³/mol. The molecular formula is C29H29N7O3. The fourth-order valence-electron chi connectivity index (χ4n) is 5.05. The Morgan fingerprint density at radius 1 is 0.949 bits per heavy atom. The van der Waals surface area contributed by atoms with Gasteiger partial charge in [0.15, 0.2) is 5.82 Å². The van der Waals surface area contributed by atoms with Gasteiger partial charge in [-0.05, 0) is 49.0 Å². The Morgan fingerprint density at radius 3 is 2.54 bits per heavy atom. The number of hydrogen-bond acceptors (Lipinski definition) is 6. The summed E-state index contributed by atoms with van der Waals surface area (Å²) in [6.07, 6.45) is 0. The van der Waals surface area contributed by atoms with Crippen molar-refractivity contribution in [3.63, 3.8) is 0 Å². The van der Waals surface area contributed by atoms with E-state index in [1.165, 1.54) is 0 Å². The van der Waals surface area contributed by atoms with Crippen LogP contribution in [-0.2, 0) is 6.54 Å². The second-order valence-corrected chi connectivity index (χ2v) is 9.69. The van der Waals surface area contributed by atoms with Crippen LogP contribution in [0.25, 0.3) is 28.1 Å². The van der Waals surface area contributed by atoms with Crippen molar-refractivity contribution >= 4 is 28.4 Å². The third-order valence-electron chi connectivity index (χ3n) is 7.17. The van der Waals surface area contributed by atoms with Crippen molar-refractivity contribution in [3.8, 4) is 17.1 Å². The number of nitrogens with one attached hydrogen (secondary N) is 1. The first-order valence-electron chi connectivity index (χ1n) is 12.9. The highest BCUT2D eigenvalue weighted by molar-refractivity contribution is 5.89. The van der Waals surface area contributed by atoms with Gasteiger partial charge in [0.1, 0.15) is 5.75 Å². The quantitative estimate of drug-likeness (QED) is 0.379. The van der Waals surface area contributed by atoms with Crippen LogP contribution in [0.15, 0.2) is 77.6 Å². The van der Waals surface area contributed by atoms with E-state index in [0.717, 1.165) is 24.2 Å². The number of rotatable bonds is 5. The molecule has 0 spiro atoms. The number of carbonyl (C=O) groups is 1. The number of para-hydroxylation sites is 2. The monoisotopic (exact) mass is 523 g/mol. The molecule has 5 aromatic rings. The second-order valence-electron chi connectivity index (χ2n) is 9.69. The normalized spacial score (nSPS) is 14.2. The van der Waals surface area contributed by atoms with Crippen molar-refractivity contribution in [3.05, 3.63) is 88.7 Å². The fraction of sp³-hybridized carbons (Fsp3) is 0.241. The molecule has 0 atom stereocenters. The lowest BCUT2D eigenvalue weighted by Crippen LogP contribution is -2.48. The molecule has 3 aromatic carbocycles. The summed E-state index contributed by atoms with van der Waals surface area (Å²) in [5, 5.41) is 12.5. The van der Waals surface area contributed by atoms with Crippen LogP contribution in [0.4, 0.5) is 10.5 Å². The van der Waals surface area contributed by atoms with E-state index in [2.05, 4.69) is 27.5 Å². The largest absolute Gasteiger partial charge is 0.496 e. The highest BCUT2D eigenvalue weighted by atomic mass is 16.5. The number of carbonyl (C=O) groups excluding carboxylic acids is 1. The number of likely N-dealkylation sites (N-methyl/N-ethyl adjacent to an activating group) is 1. The number of ether oxygens (including phenoxy) is 1. The Hall–Kier alpha value is -4.70. The van der Waals surface area contributed by atoms with Crippen LogP contribution in [0.3, 0.4) is 0 Å². The molecule has 1 aliphatic rings. The molecule has 1 saturated heterocycles. The summed E-state index contributed by atoms with van der Waals surface area (Å²) in [7, 11) is 3.67. The number of benzene rings is 3. The van der Waals surface area contributed by atoms with Crippen LogP contribution >= 0.6 is 0 Å². The van der Waals surface area contributed by atoms with Gasteiger partial charge in [-0.1, -0.05) is 36.4 Å². The van der Waals surface area contributed by atoms with Crippen LogP contribution in [0.2, 0.25) is 0 Å². The molecule has 10 heteroatoms. The summed E-state index contributed by atoms with van der Waals surface area (Å²) in [4.78, 5) is 30.5. The zero-order chi connectivity index (χ0) is 26.9. The Labute approximate surface area is 225 Å². The zero-order valence-corrected chi connectivity index (χ0v) is 21.9. The van der Waals surface area contributed by atoms with Crippen molar-refractivity contribution in [1.29, 1.82) is 0 Å². The summed E-state index contributed by atoms with van der Waals surface area (Å²) >= 11 is 0. The molecule has 6 rings (SSSR count). The summed E-state index contributed by atoms with van der Waals surface area (Å²) in [6, 6.07) is 22.5. The molecule has 2 aromatic heterocycles. The maximum absolute atomic E-state index is 13.7. The van der Waals surface area contributed by atoms with E-state index in [9.17, 15) is 9.59 Å². The molecule has 10 nitrogen and oxygen atoms in total. The molecule has 1 aliphatic heterocycles. The Bertz CT molecular complexity index is 1730. The van der Waals surface area contributed by atoms with Gasteiger partial charge in [-0.3, -0.25) is 13.8 Å². The van der Waals surface area contributed by atoms with E-state index >= 15 is 0 Å². The van der Waals surface area contributed by atoms with Crippen molar-refractivity contribution in [2.24, 2.45) is 0 Å². The minimum absolute atomic E-state index is 0.121. The summed E-state index contributed by atoms with van der Waals surface area (Å²) in [5.74, 6) is 1.67. The molecule has 0 bridgehead atoms. The maximum atomic E-state index is 13.7. The molecule has 2 amide bonds. The predicted octanol–water partition coefficient (Wildman–Crippen LogP) is 3.55. The van der Waals surface area contributed by atoms with Crippen LogP contribution in [0, 0.1) is 0 Å². The number of urea groups is 1. The molecular weight excluding hydrogens is 494 g/mol. The van der Waals surface area contributed by atoms with E-state index in [-0.39, 0.29) is 18.1 Å². The third kappa shape index (κ3) is 4.59. The summed E-state index contributed by atoms with van der Waals surface area (Å²) in [5.41, 5.74) is 2.86. The van der Waals surface area contributed by atoms with Gasteiger partial charge in [-0.15, -0.1) is 10.2 Å². The van der Waals surface area contributed by atoms with Gasteiger partial charge in [0.05, 0.1) is 30.1 Å². The van der Waals surface area contributed by atoms with Gasteiger partial charge >= 0.3 is 6.03 Å². The van der Waals surface area contributed by atoms with E-state index < -0.39 is 0 Å². The van der Waals surface area contributed by atoms with E-state index in [4.69, 9.17) is 4.74 Å². The molecule has 0 unspecified atom stereocenters. The highest BCUT2D eigenvalue weighted by Crippen LogP contribution is 2.30. The van der Waals surface area contributed by atoms with E-state index in [1.807, 2.05) is 82.1 Å². The number of methoxy groups -OCH3 is 1. The molecule has 1 N–H and O–H groups in total. The van der Waals surface area contributed by atoms with E-state index in [1.54, 1.807) is 11.7 Å². The minimum Gasteiger partial charge on any atom is -0.496 e. The number of fused-ring (bicyclic) bond motifs is 3. The third-order valence-corrected chi connectivity index (χ3v) is 7.17. The van der Waals surface area contributed by atoms with Gasteiger partial charge in [0, 0.05) is 31.9 Å². The topological polar surface area (TPSA) is 97.0 Å². The van der Waals surface area contributed by atoms with E-state index in [0.29, 0.717) is 47.0 Å². The lowest BCUT2D eigenvalue weighted by atomic mass is 10.1. The maximum Gasteiger partial charge on any atom is 0.321 e. The zero-order valence-electron chi connectivity index (χ0n) is 21.9. The van der Waals surface area contributed by atoms with Crippen molar-refractivity contribution in [2.45, 2.75) is 6.54 Å². The molecule has 39 heavy (non-hydrogen) atoms. The van der Waals surface area contributed by atoms with Gasteiger partial charge < -0.3 is 19.9 Å². The lowest BCUT2D eigenvalue weighted by molar-refractivity contribution is 0.164. The van der Waals surface area contributed by atoms with Crippen LogP contribution in [-0.4, -0.2) is 75.3 Å². The van der Waals surface area contributed by atoms with Gasteiger partial charge in [0.25, 0.3) is 5.56 Å². The standard InChI is InChI=1S/C29H29N7O3/c1-33-14-16-34(17-15-33)29(38)30-21-9-7-8-20(18-21)19-35-27(37)22-10-3-5-12-24(22)36-26(31-32-28(35)36)23-11-4-6-13-25(23)39-2/h3-13,18H,14-17,19H2,1-2H3,(H,30,38). The Morgan fingerprint density at radius 2 is 1.72 bits per heavy atom. The Balaban J connectivity index is 1.39. The van der Waals surface area contributed by atoms with Crippen LogP contribution in [0.1, 0.15) is 5.56 Å². The van der Waals surface area contributed by atoms with Gasteiger partial charge in [0.2, 0.25) is 5.78 Å². The smallest absolute Gasteiger partial charge is 0.321 e. The number of hydrogen-bond donors (Lipinski definition) is 1. The van der Waals surface area contributed by atoms with Crippen molar-refractivity contribution in [1.82, 2.24) is 29.0 Å². The molecule has 0 radical (unpaired) electrons. The SMILES string of the molecule is COc1ccccc1-c1nnc2n(Cc3cccc(NC(=O)N4CCN(C)CC4)c3)c(=O)c3ccccc3n12. The summed E-state index contributed by atoms with van der Waals surface area (Å²) < 4.78 is 9.10. The van der Waals surface area contributed by atoms with Gasteiger partial charge in [-0.2, -0.15) is 0 Å². The average Bonchev–Trinajstić information content (AvgIpc) is 3.41. The fourth-order valence-corrected chi connectivity index (χ4v) is 5.05. The highest BCUT2D eigenvalue weighted by Gasteiger charge is 2.21.